The Morgan fingerprint density at radius 3 is 2.94 bits per heavy atom. The summed E-state index contributed by atoms with van der Waals surface area (Å²) in [6, 6.07) is 0.644. The molecule has 94 valence electrons. The molecule has 17 heavy (non-hydrogen) atoms. The van der Waals surface area contributed by atoms with Gasteiger partial charge in [0.1, 0.15) is 6.04 Å². The van der Waals surface area contributed by atoms with Crippen LogP contribution in [0.15, 0.2) is 11.4 Å². The summed E-state index contributed by atoms with van der Waals surface area (Å²) in [5, 5.41) is 11.0. The van der Waals surface area contributed by atoms with Crippen LogP contribution in [0.3, 0.4) is 0 Å². The van der Waals surface area contributed by atoms with Crippen LogP contribution in [0.2, 0.25) is 0 Å². The van der Waals surface area contributed by atoms with E-state index in [9.17, 15) is 18.3 Å². The molecule has 0 spiro atoms. The van der Waals surface area contributed by atoms with E-state index in [4.69, 9.17) is 0 Å². The first-order valence-corrected chi connectivity index (χ1v) is 7.75. The molecule has 7 heteroatoms. The van der Waals surface area contributed by atoms with Gasteiger partial charge < -0.3 is 5.11 Å². The van der Waals surface area contributed by atoms with Gasteiger partial charge in [0, 0.05) is 11.4 Å². The van der Waals surface area contributed by atoms with Crippen molar-refractivity contribution in [3.8, 4) is 0 Å². The molecule has 1 unspecified atom stereocenters. The fraction of sp³-hybridized carbons (Fsp3) is 0.500. The molecular weight excluding hydrogens is 262 g/mol. The fourth-order valence-corrected chi connectivity index (χ4v) is 4.14. The Labute approximate surface area is 104 Å². The number of carboxylic acids is 1. The zero-order valence-corrected chi connectivity index (χ0v) is 10.9. The highest BCUT2D eigenvalue weighted by atomic mass is 32.2. The lowest BCUT2D eigenvalue weighted by Crippen LogP contribution is -2.43. The number of hydrogen-bond acceptors (Lipinski definition) is 4. The average molecular weight is 275 g/mol. The first kappa shape index (κ1) is 12.5. The number of nitrogens with zero attached hydrogens (tertiary/aromatic N) is 1. The maximum Gasteiger partial charge on any atom is 0.326 e. The van der Waals surface area contributed by atoms with Crippen molar-refractivity contribution in [3.05, 3.63) is 21.9 Å². The highest BCUT2D eigenvalue weighted by molar-refractivity contribution is 7.89. The quantitative estimate of drug-likeness (QED) is 0.895. The monoisotopic (exact) mass is 275 g/mol. The Bertz CT molecular complexity index is 534. The zero-order chi connectivity index (χ0) is 12.6. The van der Waals surface area contributed by atoms with Gasteiger partial charge in [0.15, 0.2) is 0 Å². The van der Waals surface area contributed by atoms with Crippen LogP contribution in [0.1, 0.15) is 23.4 Å². The highest BCUT2D eigenvalue weighted by Gasteiger charge is 2.39. The Balaban J connectivity index is 2.48. The lowest BCUT2D eigenvalue weighted by molar-refractivity contribution is -0.142. The molecular formula is C10H13NO4S2. The predicted molar refractivity (Wildman–Crippen MR) is 64.6 cm³/mol. The second-order valence-electron chi connectivity index (χ2n) is 3.80. The van der Waals surface area contributed by atoms with E-state index in [-0.39, 0.29) is 12.3 Å². The van der Waals surface area contributed by atoms with E-state index in [0.29, 0.717) is 12.0 Å². The normalized spacial score (nSPS) is 21.1. The molecule has 0 radical (unpaired) electrons. The van der Waals surface area contributed by atoms with E-state index in [1.54, 1.807) is 6.07 Å². The number of aliphatic carboxylic acids is 1. The summed E-state index contributed by atoms with van der Waals surface area (Å²) in [7, 11) is -3.48. The Morgan fingerprint density at radius 1 is 1.65 bits per heavy atom. The van der Waals surface area contributed by atoms with Crippen molar-refractivity contribution in [1.29, 1.82) is 0 Å². The predicted octanol–water partition coefficient (Wildman–Crippen LogP) is 1.08. The van der Waals surface area contributed by atoms with Gasteiger partial charge in [-0.3, -0.25) is 4.79 Å². The van der Waals surface area contributed by atoms with Crippen LogP contribution < -0.4 is 0 Å². The largest absolute Gasteiger partial charge is 0.480 e. The molecule has 0 bridgehead atoms. The zero-order valence-electron chi connectivity index (χ0n) is 9.29. The van der Waals surface area contributed by atoms with Crippen molar-refractivity contribution in [2.75, 3.05) is 12.3 Å². The lowest BCUT2D eigenvalue weighted by atomic mass is 10.0. The third-order valence-corrected chi connectivity index (χ3v) is 5.71. The molecule has 0 fully saturated rings. The molecule has 2 rings (SSSR count). The Morgan fingerprint density at radius 2 is 2.35 bits per heavy atom. The lowest BCUT2D eigenvalue weighted by Gasteiger charge is -2.31. The van der Waals surface area contributed by atoms with Gasteiger partial charge in [-0.2, -0.15) is 4.31 Å². The summed E-state index contributed by atoms with van der Waals surface area (Å²) in [4.78, 5) is 12.3. The van der Waals surface area contributed by atoms with Crippen molar-refractivity contribution in [2.24, 2.45) is 0 Å². The fourth-order valence-electron chi connectivity index (χ4n) is 2.02. The van der Waals surface area contributed by atoms with Gasteiger partial charge >= 0.3 is 5.97 Å². The molecule has 0 aliphatic carbocycles. The van der Waals surface area contributed by atoms with E-state index in [0.717, 1.165) is 9.18 Å². The maximum atomic E-state index is 11.9. The number of hydrogen-bond donors (Lipinski definition) is 1. The number of sulfonamides is 1. The van der Waals surface area contributed by atoms with Crippen molar-refractivity contribution in [1.82, 2.24) is 4.31 Å². The number of thiophene rings is 1. The summed E-state index contributed by atoms with van der Waals surface area (Å²) in [6.07, 6.45) is 0.593. The molecule has 5 nitrogen and oxygen atoms in total. The molecule has 2 heterocycles. The van der Waals surface area contributed by atoms with Gasteiger partial charge in [-0.1, -0.05) is 0 Å². The molecule has 1 aromatic heterocycles. The molecule has 0 aromatic carbocycles. The van der Waals surface area contributed by atoms with E-state index in [2.05, 4.69) is 0 Å². The average Bonchev–Trinajstić information content (AvgIpc) is 2.75. The Kier molecular flexibility index (Phi) is 3.24. The van der Waals surface area contributed by atoms with Gasteiger partial charge in [-0.15, -0.1) is 11.3 Å². The summed E-state index contributed by atoms with van der Waals surface area (Å²) in [5.41, 5.74) is 0.616. The van der Waals surface area contributed by atoms with Gasteiger partial charge in [-0.05, 0) is 30.4 Å². The number of rotatable bonds is 3. The first-order chi connectivity index (χ1) is 7.97. The second-order valence-corrected chi connectivity index (χ2v) is 7.01. The molecule has 0 amide bonds. The Hall–Kier alpha value is -0.920. The molecule has 1 aliphatic rings. The van der Waals surface area contributed by atoms with Gasteiger partial charge in [0.25, 0.3) is 0 Å². The van der Waals surface area contributed by atoms with Crippen LogP contribution in [0.5, 0.6) is 0 Å². The molecule has 0 saturated heterocycles. The van der Waals surface area contributed by atoms with Crippen LogP contribution in [-0.4, -0.2) is 36.1 Å². The second kappa shape index (κ2) is 4.40. The molecule has 1 atom stereocenters. The third kappa shape index (κ3) is 2.10. The number of carbonyl (C=O) groups is 1. The van der Waals surface area contributed by atoms with Crippen molar-refractivity contribution in [3.63, 3.8) is 0 Å². The number of fused-ring (bicyclic) bond motifs is 1. The van der Waals surface area contributed by atoms with E-state index in [1.165, 1.54) is 18.3 Å². The van der Waals surface area contributed by atoms with Crippen LogP contribution >= 0.6 is 11.3 Å². The molecule has 1 aromatic rings. The van der Waals surface area contributed by atoms with Crippen molar-refractivity contribution < 1.29 is 18.3 Å². The SMILES string of the molecule is CCS(=O)(=O)N1CCc2sccc2C1C(=O)O. The molecule has 1 aliphatic heterocycles. The van der Waals surface area contributed by atoms with E-state index in [1.807, 2.05) is 5.38 Å². The minimum Gasteiger partial charge on any atom is -0.480 e. The minimum atomic E-state index is -3.48. The summed E-state index contributed by atoms with van der Waals surface area (Å²) < 4.78 is 24.8. The van der Waals surface area contributed by atoms with Crippen LogP contribution in [0.25, 0.3) is 0 Å². The summed E-state index contributed by atoms with van der Waals surface area (Å²) >= 11 is 1.48. The first-order valence-electron chi connectivity index (χ1n) is 5.26. The molecule has 1 N–H and O–H groups in total. The topological polar surface area (TPSA) is 74.7 Å². The van der Waals surface area contributed by atoms with Gasteiger partial charge in [-0.25, -0.2) is 8.42 Å². The molecule has 0 saturated carbocycles. The van der Waals surface area contributed by atoms with Crippen molar-refractivity contribution >= 4 is 27.3 Å². The maximum absolute atomic E-state index is 11.9. The van der Waals surface area contributed by atoms with Gasteiger partial charge in [0.2, 0.25) is 10.0 Å². The smallest absolute Gasteiger partial charge is 0.326 e. The van der Waals surface area contributed by atoms with Crippen LogP contribution in [-0.2, 0) is 21.2 Å². The van der Waals surface area contributed by atoms with Crippen molar-refractivity contribution in [2.45, 2.75) is 19.4 Å². The van der Waals surface area contributed by atoms with Crippen LogP contribution in [0, 0.1) is 0 Å². The van der Waals surface area contributed by atoms with E-state index >= 15 is 0 Å². The number of carboxylic acid groups (broad SMARTS) is 1. The van der Waals surface area contributed by atoms with Gasteiger partial charge in [0.05, 0.1) is 5.75 Å². The summed E-state index contributed by atoms with van der Waals surface area (Å²) in [5.74, 6) is -1.18. The van der Waals surface area contributed by atoms with E-state index < -0.39 is 22.0 Å². The minimum absolute atomic E-state index is 0.0732. The van der Waals surface area contributed by atoms with Crippen LogP contribution in [0.4, 0.5) is 0 Å². The highest BCUT2D eigenvalue weighted by Crippen LogP contribution is 2.35. The third-order valence-electron chi connectivity index (χ3n) is 2.88. The standard InChI is InChI=1S/C10H13NO4S2/c1-2-17(14,15)11-5-3-8-7(4-6-16-8)9(11)10(12)13/h4,6,9H,2-3,5H2,1H3,(H,12,13). The summed E-state index contributed by atoms with van der Waals surface area (Å²) in [6.45, 7) is 1.78.